The van der Waals surface area contributed by atoms with Crippen LogP contribution in [0.5, 0.6) is 0 Å². The molecule has 2 aromatic rings. The van der Waals surface area contributed by atoms with Gasteiger partial charge in [0.05, 0.1) is 4.90 Å². The van der Waals surface area contributed by atoms with Gasteiger partial charge in [0.1, 0.15) is 6.54 Å². The van der Waals surface area contributed by atoms with E-state index in [0.717, 1.165) is 4.47 Å². The second-order valence-electron chi connectivity index (χ2n) is 5.75. The molecular formula is C18H18BrN3O6S. The lowest BCUT2D eigenvalue weighted by molar-refractivity contribution is -0.146. The van der Waals surface area contributed by atoms with Crippen molar-refractivity contribution in [3.63, 3.8) is 0 Å². The molecule has 0 aliphatic carbocycles. The summed E-state index contributed by atoms with van der Waals surface area (Å²) in [5, 5.41) is 5.05. The topological polar surface area (TPSA) is 131 Å². The zero-order valence-corrected chi connectivity index (χ0v) is 17.7. The van der Waals surface area contributed by atoms with E-state index in [2.05, 4.69) is 31.3 Å². The van der Waals surface area contributed by atoms with Crippen molar-refractivity contribution in [1.29, 1.82) is 0 Å². The molecule has 9 nitrogen and oxygen atoms in total. The lowest BCUT2D eigenvalue weighted by Crippen LogP contribution is -2.32. The molecule has 0 unspecified atom stereocenters. The fourth-order valence-electron chi connectivity index (χ4n) is 2.09. The number of anilines is 2. The van der Waals surface area contributed by atoms with Gasteiger partial charge in [0.25, 0.3) is 5.91 Å². The second kappa shape index (κ2) is 10.1. The Labute approximate surface area is 176 Å². The van der Waals surface area contributed by atoms with Gasteiger partial charge >= 0.3 is 5.97 Å². The van der Waals surface area contributed by atoms with E-state index in [1.165, 1.54) is 31.2 Å². The largest absolute Gasteiger partial charge is 0.455 e. The molecular weight excluding hydrogens is 466 g/mol. The lowest BCUT2D eigenvalue weighted by atomic mass is 10.3. The molecule has 2 aromatic carbocycles. The first-order chi connectivity index (χ1) is 13.7. The Balaban J connectivity index is 1.80. The first-order valence-corrected chi connectivity index (χ1v) is 10.5. The Morgan fingerprint density at radius 1 is 0.931 bits per heavy atom. The van der Waals surface area contributed by atoms with E-state index in [1.54, 1.807) is 24.3 Å². The minimum absolute atomic E-state index is 0.0904. The van der Waals surface area contributed by atoms with Gasteiger partial charge in [-0.3, -0.25) is 14.4 Å². The number of hydrogen-bond acceptors (Lipinski definition) is 6. The van der Waals surface area contributed by atoms with Crippen LogP contribution in [0.25, 0.3) is 0 Å². The first kappa shape index (κ1) is 22.5. The van der Waals surface area contributed by atoms with E-state index in [9.17, 15) is 22.8 Å². The van der Waals surface area contributed by atoms with Crippen molar-refractivity contribution < 1.29 is 27.5 Å². The van der Waals surface area contributed by atoms with Crippen LogP contribution in [0.2, 0.25) is 0 Å². The van der Waals surface area contributed by atoms with Crippen LogP contribution < -0.4 is 15.4 Å². The van der Waals surface area contributed by atoms with Crippen LogP contribution in [-0.2, 0) is 29.1 Å². The van der Waals surface area contributed by atoms with Crippen LogP contribution in [0.1, 0.15) is 6.92 Å². The minimum Gasteiger partial charge on any atom is -0.455 e. The minimum atomic E-state index is -3.96. The maximum atomic E-state index is 12.2. The molecule has 2 amide bonds. The summed E-state index contributed by atoms with van der Waals surface area (Å²) >= 11 is 3.27. The molecule has 0 spiro atoms. The van der Waals surface area contributed by atoms with Gasteiger partial charge in [-0.2, -0.15) is 4.72 Å². The summed E-state index contributed by atoms with van der Waals surface area (Å²) < 4.78 is 32.1. The lowest BCUT2D eigenvalue weighted by Gasteiger charge is -2.09. The number of hydrogen-bond donors (Lipinski definition) is 3. The standard InChI is InChI=1S/C18H18BrN3O6S/c1-12(23)21-14-6-8-16(9-7-14)29(26,27)20-10-18(25)28-11-17(24)22-15-4-2-13(19)3-5-15/h2-9,20H,10-11H2,1H3,(H,21,23)(H,22,24). The predicted octanol–water partition coefficient (Wildman–Crippen LogP) is 1.87. The molecule has 0 heterocycles. The number of rotatable bonds is 8. The van der Waals surface area contributed by atoms with Crippen molar-refractivity contribution in [3.05, 3.63) is 53.0 Å². The van der Waals surface area contributed by atoms with Crippen molar-refractivity contribution in [2.45, 2.75) is 11.8 Å². The Morgan fingerprint density at radius 3 is 2.07 bits per heavy atom. The molecule has 0 radical (unpaired) electrons. The van der Waals surface area contributed by atoms with Gasteiger partial charge in [-0.1, -0.05) is 15.9 Å². The monoisotopic (exact) mass is 483 g/mol. The van der Waals surface area contributed by atoms with E-state index >= 15 is 0 Å². The molecule has 0 saturated carbocycles. The quantitative estimate of drug-likeness (QED) is 0.491. The molecule has 0 bridgehead atoms. The molecule has 0 aliphatic heterocycles. The van der Waals surface area contributed by atoms with E-state index < -0.39 is 35.1 Å². The van der Waals surface area contributed by atoms with Crippen LogP contribution in [0, 0.1) is 0 Å². The van der Waals surface area contributed by atoms with Crippen LogP contribution in [0.3, 0.4) is 0 Å². The zero-order valence-electron chi connectivity index (χ0n) is 15.3. The summed E-state index contributed by atoms with van der Waals surface area (Å²) in [6.07, 6.45) is 0. The number of ether oxygens (including phenoxy) is 1. The fraction of sp³-hybridized carbons (Fsp3) is 0.167. The van der Waals surface area contributed by atoms with Gasteiger partial charge in [-0.05, 0) is 48.5 Å². The molecule has 0 aromatic heterocycles. The fourth-order valence-corrected chi connectivity index (χ4v) is 3.32. The van der Waals surface area contributed by atoms with Crippen molar-refractivity contribution >= 4 is 55.1 Å². The number of nitrogens with one attached hydrogen (secondary N) is 3. The van der Waals surface area contributed by atoms with Gasteiger partial charge in [0.2, 0.25) is 15.9 Å². The molecule has 0 aliphatic rings. The highest BCUT2D eigenvalue weighted by atomic mass is 79.9. The first-order valence-electron chi connectivity index (χ1n) is 8.24. The third-order valence-corrected chi connectivity index (χ3v) is 5.33. The number of sulfonamides is 1. The number of benzene rings is 2. The number of carbonyl (C=O) groups is 3. The van der Waals surface area contributed by atoms with Crippen LogP contribution in [-0.4, -0.2) is 39.4 Å². The molecule has 0 saturated heterocycles. The maximum Gasteiger partial charge on any atom is 0.321 e. The third kappa shape index (κ3) is 7.64. The molecule has 29 heavy (non-hydrogen) atoms. The number of esters is 1. The summed E-state index contributed by atoms with van der Waals surface area (Å²) in [7, 11) is -3.96. The molecule has 154 valence electrons. The Hall–Kier alpha value is -2.76. The summed E-state index contributed by atoms with van der Waals surface area (Å²) in [4.78, 5) is 34.4. The number of halogens is 1. The van der Waals surface area contributed by atoms with Gasteiger partial charge < -0.3 is 15.4 Å². The van der Waals surface area contributed by atoms with Crippen molar-refractivity contribution in [2.75, 3.05) is 23.8 Å². The number of amides is 2. The summed E-state index contributed by atoms with van der Waals surface area (Å²) in [6.45, 7) is 0.139. The predicted molar refractivity (Wildman–Crippen MR) is 110 cm³/mol. The maximum absolute atomic E-state index is 12.2. The normalized spacial score (nSPS) is 10.8. The summed E-state index contributed by atoms with van der Waals surface area (Å²) in [5.41, 5.74) is 0.963. The number of carbonyl (C=O) groups excluding carboxylic acids is 3. The van der Waals surface area contributed by atoms with Crippen LogP contribution in [0.4, 0.5) is 11.4 Å². The van der Waals surface area contributed by atoms with Gasteiger partial charge in [-0.25, -0.2) is 8.42 Å². The van der Waals surface area contributed by atoms with E-state index in [-0.39, 0.29) is 10.8 Å². The molecule has 2 rings (SSSR count). The molecule has 0 fully saturated rings. The Kier molecular flexibility index (Phi) is 7.88. The van der Waals surface area contributed by atoms with Crippen molar-refractivity contribution in [1.82, 2.24) is 4.72 Å². The van der Waals surface area contributed by atoms with E-state index in [1.807, 2.05) is 0 Å². The van der Waals surface area contributed by atoms with Gasteiger partial charge in [-0.15, -0.1) is 0 Å². The molecule has 11 heteroatoms. The van der Waals surface area contributed by atoms with Crippen molar-refractivity contribution in [2.24, 2.45) is 0 Å². The smallest absolute Gasteiger partial charge is 0.321 e. The summed E-state index contributed by atoms with van der Waals surface area (Å²) in [6, 6.07) is 12.2. The average molecular weight is 484 g/mol. The zero-order chi connectivity index (χ0) is 21.4. The molecule has 0 atom stereocenters. The van der Waals surface area contributed by atoms with Gasteiger partial charge in [0.15, 0.2) is 6.61 Å². The highest BCUT2D eigenvalue weighted by Gasteiger charge is 2.17. The third-order valence-electron chi connectivity index (χ3n) is 3.38. The second-order valence-corrected chi connectivity index (χ2v) is 8.43. The SMILES string of the molecule is CC(=O)Nc1ccc(S(=O)(=O)NCC(=O)OCC(=O)Nc2ccc(Br)cc2)cc1. The highest BCUT2D eigenvalue weighted by molar-refractivity contribution is 9.10. The molecule has 3 N–H and O–H groups in total. The average Bonchev–Trinajstić information content (AvgIpc) is 2.66. The van der Waals surface area contributed by atoms with E-state index in [0.29, 0.717) is 11.4 Å². The van der Waals surface area contributed by atoms with Crippen molar-refractivity contribution in [3.8, 4) is 0 Å². The van der Waals surface area contributed by atoms with Crippen LogP contribution in [0.15, 0.2) is 57.9 Å². The van der Waals surface area contributed by atoms with Gasteiger partial charge in [0, 0.05) is 22.8 Å². The Bertz CT molecular complexity index is 991. The summed E-state index contributed by atoms with van der Waals surface area (Å²) in [5.74, 6) is -1.75. The highest BCUT2D eigenvalue weighted by Crippen LogP contribution is 2.15. The van der Waals surface area contributed by atoms with Crippen LogP contribution >= 0.6 is 15.9 Å². The Morgan fingerprint density at radius 2 is 1.48 bits per heavy atom. The van der Waals surface area contributed by atoms with E-state index in [4.69, 9.17) is 4.74 Å².